The van der Waals surface area contributed by atoms with E-state index in [-0.39, 0.29) is 29.9 Å². The largest absolute Gasteiger partial charge is 0.491 e. The maximum atomic E-state index is 13.4. The van der Waals surface area contributed by atoms with Gasteiger partial charge in [-0.15, -0.1) is 0 Å². The first-order valence-corrected chi connectivity index (χ1v) is 12.5. The lowest BCUT2D eigenvalue weighted by molar-refractivity contribution is -0.115. The predicted molar refractivity (Wildman–Crippen MR) is 132 cm³/mol. The van der Waals surface area contributed by atoms with Crippen LogP contribution < -0.4 is 10.1 Å². The summed E-state index contributed by atoms with van der Waals surface area (Å²) < 4.78 is 17.6. The molecule has 2 heterocycles. The molecular weight excluding hydrogens is 434 g/mol. The molecule has 0 aliphatic carbocycles. The van der Waals surface area contributed by atoms with Crippen LogP contribution in [0.3, 0.4) is 0 Å². The average molecular weight is 476 g/mol. The molecule has 0 saturated carbocycles. The van der Waals surface area contributed by atoms with Crippen molar-refractivity contribution in [2.75, 3.05) is 58.9 Å². The molecule has 0 spiro atoms. The molecule has 1 aromatic rings. The molecule has 1 saturated heterocycles. The number of carbonyl (C=O) groups excluding carboxylic acids is 2. The molecular formula is C26H41N3O5. The van der Waals surface area contributed by atoms with Gasteiger partial charge in [0.05, 0.1) is 11.7 Å². The van der Waals surface area contributed by atoms with E-state index in [1.807, 2.05) is 0 Å². The molecule has 1 N–H and O–H groups in total. The molecule has 8 nitrogen and oxygen atoms in total. The maximum absolute atomic E-state index is 13.4. The van der Waals surface area contributed by atoms with Gasteiger partial charge in [0.15, 0.2) is 0 Å². The van der Waals surface area contributed by atoms with Crippen molar-refractivity contribution in [1.29, 1.82) is 0 Å². The van der Waals surface area contributed by atoms with Crippen molar-refractivity contribution < 1.29 is 23.8 Å². The van der Waals surface area contributed by atoms with Crippen molar-refractivity contribution in [3.8, 4) is 5.75 Å². The standard InChI is InChI=1S/C26H41N3O5/c1-6-25(30)27-21-7-8-23-22(13-21)26(31)28(4)16-24(32-5)18(2)14-29(19(3)17-34-23)15-20-9-11-33-12-10-20/h7-8,13,18-20,24H,6,9-12,14-17H2,1-5H3,(H,27,30)/t18-,19+,24-/m1/s1. The Labute approximate surface area is 203 Å². The number of hydrogen-bond donors (Lipinski definition) is 1. The van der Waals surface area contributed by atoms with Gasteiger partial charge < -0.3 is 24.4 Å². The van der Waals surface area contributed by atoms with E-state index in [1.54, 1.807) is 44.2 Å². The number of anilines is 1. The third kappa shape index (κ3) is 6.93. The second kappa shape index (κ2) is 12.5. The van der Waals surface area contributed by atoms with E-state index in [9.17, 15) is 9.59 Å². The molecule has 8 heteroatoms. The molecule has 190 valence electrons. The van der Waals surface area contributed by atoms with E-state index in [0.717, 1.165) is 39.1 Å². The van der Waals surface area contributed by atoms with Crippen LogP contribution in [-0.4, -0.2) is 87.4 Å². The zero-order chi connectivity index (χ0) is 24.7. The fourth-order valence-electron chi connectivity index (χ4n) is 4.69. The number of hydrogen-bond acceptors (Lipinski definition) is 6. The van der Waals surface area contributed by atoms with Gasteiger partial charge in [-0.25, -0.2) is 0 Å². The lowest BCUT2D eigenvalue weighted by atomic mass is 9.96. The number of amides is 2. The number of carbonyl (C=O) groups is 2. The second-order valence-electron chi connectivity index (χ2n) is 9.72. The average Bonchev–Trinajstić information content (AvgIpc) is 2.85. The smallest absolute Gasteiger partial charge is 0.257 e. The minimum atomic E-state index is -0.149. The monoisotopic (exact) mass is 475 g/mol. The Bertz CT molecular complexity index is 827. The molecule has 0 unspecified atom stereocenters. The summed E-state index contributed by atoms with van der Waals surface area (Å²) in [4.78, 5) is 29.5. The van der Waals surface area contributed by atoms with Crippen molar-refractivity contribution in [3.05, 3.63) is 23.8 Å². The van der Waals surface area contributed by atoms with Gasteiger partial charge in [-0.1, -0.05) is 13.8 Å². The van der Waals surface area contributed by atoms with Crippen LogP contribution in [0.1, 0.15) is 50.4 Å². The van der Waals surface area contributed by atoms with Crippen LogP contribution in [0, 0.1) is 11.8 Å². The normalized spacial score (nSPS) is 25.6. The number of benzene rings is 1. The van der Waals surface area contributed by atoms with Crippen molar-refractivity contribution in [2.45, 2.75) is 52.2 Å². The first-order chi connectivity index (χ1) is 16.3. The van der Waals surface area contributed by atoms with Crippen molar-refractivity contribution in [3.63, 3.8) is 0 Å². The van der Waals surface area contributed by atoms with Crippen LogP contribution in [-0.2, 0) is 14.3 Å². The van der Waals surface area contributed by atoms with Gasteiger partial charge in [-0.2, -0.15) is 0 Å². The molecule has 2 aliphatic rings. The third-order valence-electron chi connectivity index (χ3n) is 7.01. The number of likely N-dealkylation sites (N-methyl/N-ethyl adjacent to an activating group) is 1. The molecule has 3 atom stereocenters. The Morgan fingerprint density at radius 1 is 1.21 bits per heavy atom. The Hall–Kier alpha value is -2.16. The van der Waals surface area contributed by atoms with Crippen LogP contribution in [0.2, 0.25) is 0 Å². The van der Waals surface area contributed by atoms with Gasteiger partial charge in [-0.05, 0) is 49.8 Å². The van der Waals surface area contributed by atoms with E-state index < -0.39 is 0 Å². The minimum absolute atomic E-state index is 0.0925. The van der Waals surface area contributed by atoms with Crippen LogP contribution in [0.5, 0.6) is 5.75 Å². The number of nitrogens with zero attached hydrogens (tertiary/aromatic N) is 2. The summed E-state index contributed by atoms with van der Waals surface area (Å²) in [6, 6.07) is 5.45. The maximum Gasteiger partial charge on any atom is 0.257 e. The molecule has 1 fully saturated rings. The van der Waals surface area contributed by atoms with Crippen molar-refractivity contribution >= 4 is 17.5 Å². The summed E-state index contributed by atoms with van der Waals surface area (Å²) in [6.45, 7) is 10.6. The third-order valence-corrected chi connectivity index (χ3v) is 7.01. The molecule has 0 bridgehead atoms. The van der Waals surface area contributed by atoms with Gasteiger partial charge in [-0.3, -0.25) is 14.5 Å². The highest BCUT2D eigenvalue weighted by Gasteiger charge is 2.30. The van der Waals surface area contributed by atoms with Crippen LogP contribution in [0.15, 0.2) is 18.2 Å². The second-order valence-corrected chi connectivity index (χ2v) is 9.72. The van der Waals surface area contributed by atoms with E-state index in [1.165, 1.54) is 0 Å². The zero-order valence-corrected chi connectivity index (χ0v) is 21.3. The van der Waals surface area contributed by atoms with Gasteiger partial charge in [0.1, 0.15) is 12.4 Å². The number of rotatable bonds is 5. The topological polar surface area (TPSA) is 80.3 Å². The molecule has 1 aromatic carbocycles. The zero-order valence-electron chi connectivity index (χ0n) is 21.3. The van der Waals surface area contributed by atoms with Crippen LogP contribution in [0.4, 0.5) is 5.69 Å². The van der Waals surface area contributed by atoms with E-state index in [0.29, 0.717) is 42.5 Å². The van der Waals surface area contributed by atoms with E-state index in [2.05, 4.69) is 24.1 Å². The molecule has 2 amide bonds. The summed E-state index contributed by atoms with van der Waals surface area (Å²) in [5.41, 5.74) is 1.04. The van der Waals surface area contributed by atoms with Crippen LogP contribution >= 0.6 is 0 Å². The Kier molecular flexibility index (Phi) is 9.74. The summed E-state index contributed by atoms with van der Waals surface area (Å²) in [5, 5.41) is 2.84. The Morgan fingerprint density at radius 3 is 2.62 bits per heavy atom. The molecule has 34 heavy (non-hydrogen) atoms. The van der Waals surface area contributed by atoms with Crippen molar-refractivity contribution in [2.24, 2.45) is 11.8 Å². The SMILES string of the molecule is CCC(=O)Nc1ccc2c(c1)C(=O)N(C)C[C@@H](OC)[C@H](C)CN(CC1CCOCC1)[C@@H](C)CO2. The summed E-state index contributed by atoms with van der Waals surface area (Å²) >= 11 is 0. The number of nitrogens with one attached hydrogen (secondary N) is 1. The molecule has 0 radical (unpaired) electrons. The minimum Gasteiger partial charge on any atom is -0.491 e. The summed E-state index contributed by atoms with van der Waals surface area (Å²) in [5.74, 6) is 1.13. The number of fused-ring (bicyclic) bond motifs is 1. The van der Waals surface area contributed by atoms with E-state index in [4.69, 9.17) is 14.2 Å². The molecule has 2 aliphatic heterocycles. The summed E-state index contributed by atoms with van der Waals surface area (Å²) in [7, 11) is 3.50. The number of methoxy groups -OCH3 is 1. The van der Waals surface area contributed by atoms with Gasteiger partial charge >= 0.3 is 0 Å². The highest BCUT2D eigenvalue weighted by Crippen LogP contribution is 2.27. The fraction of sp³-hybridized carbons (Fsp3) is 0.692. The van der Waals surface area contributed by atoms with Crippen LogP contribution in [0.25, 0.3) is 0 Å². The predicted octanol–water partition coefficient (Wildman–Crippen LogP) is 3.27. The molecule has 3 rings (SSSR count). The first-order valence-electron chi connectivity index (χ1n) is 12.5. The quantitative estimate of drug-likeness (QED) is 0.704. The Balaban J connectivity index is 1.88. The first kappa shape index (κ1) is 26.4. The summed E-state index contributed by atoms with van der Waals surface area (Å²) in [6.07, 6.45) is 2.44. The molecule has 0 aromatic heterocycles. The Morgan fingerprint density at radius 2 is 1.94 bits per heavy atom. The van der Waals surface area contributed by atoms with Gasteiger partial charge in [0.2, 0.25) is 5.91 Å². The van der Waals surface area contributed by atoms with Gasteiger partial charge in [0, 0.05) is 65.2 Å². The fourth-order valence-corrected chi connectivity index (χ4v) is 4.69. The number of ether oxygens (including phenoxy) is 3. The van der Waals surface area contributed by atoms with Gasteiger partial charge in [0.25, 0.3) is 5.91 Å². The highest BCUT2D eigenvalue weighted by atomic mass is 16.5. The lowest BCUT2D eigenvalue weighted by Crippen LogP contribution is -2.48. The lowest BCUT2D eigenvalue weighted by Gasteiger charge is -2.38. The van der Waals surface area contributed by atoms with Crippen molar-refractivity contribution in [1.82, 2.24) is 9.80 Å². The van der Waals surface area contributed by atoms with E-state index >= 15 is 0 Å². The highest BCUT2D eigenvalue weighted by molar-refractivity contribution is 5.99.